The first-order chi connectivity index (χ1) is 21.5. The monoisotopic (exact) mass is 667 g/mol. The van der Waals surface area contributed by atoms with Gasteiger partial charge in [-0.1, -0.05) is 35.3 Å². The van der Waals surface area contributed by atoms with Gasteiger partial charge >= 0.3 is 0 Å². The van der Waals surface area contributed by atoms with Gasteiger partial charge in [0.25, 0.3) is 0 Å². The maximum atomic E-state index is 13.5. The summed E-state index contributed by atoms with van der Waals surface area (Å²) in [5.41, 5.74) is 1.69. The zero-order valence-corrected chi connectivity index (χ0v) is 26.8. The second kappa shape index (κ2) is 15.9. The van der Waals surface area contributed by atoms with Crippen molar-refractivity contribution in [2.45, 2.75) is 94.0 Å². The second-order valence-corrected chi connectivity index (χ2v) is 12.7. The van der Waals surface area contributed by atoms with Crippen LogP contribution in [-0.4, -0.2) is 93.6 Å². The average Bonchev–Trinajstić information content (AvgIpc) is 3.98. The Kier molecular flexibility index (Phi) is 12.5. The van der Waals surface area contributed by atoms with Crippen LogP contribution in [0, 0.1) is 0 Å². The van der Waals surface area contributed by atoms with Gasteiger partial charge in [-0.05, 0) is 80.3 Å². The molecule has 2 aromatic carbocycles. The molecular weight excluding hydrogens is 625 g/mol. The van der Waals surface area contributed by atoms with Crippen molar-refractivity contribution in [2.75, 3.05) is 25.1 Å². The number of nitrogens with zero attached hydrogens (tertiary/aromatic N) is 1. The fourth-order valence-electron chi connectivity index (χ4n) is 5.03. The largest absolute Gasteiger partial charge is 0.488 e. The van der Waals surface area contributed by atoms with Crippen LogP contribution in [0.1, 0.15) is 56.1 Å². The number of amides is 2. The van der Waals surface area contributed by atoms with Crippen molar-refractivity contribution in [3.05, 3.63) is 57.6 Å². The van der Waals surface area contributed by atoms with Crippen LogP contribution in [0.15, 0.2) is 36.4 Å². The highest BCUT2D eigenvalue weighted by Crippen LogP contribution is 2.41. The number of carbonyl (C=O) groups is 2. The molecule has 2 aliphatic carbocycles. The standard InChI is InChI=1S/C32H43Cl2N3O8/c1-37(24-7-3-4-8-27(24)45-21-10-11-21)31(44)32(12-13-32)36-16-20-15-22(33)19(14-23(20)34)6-2-5-9-28(41)35-17-25(39)29(42)30(43)26(40)18-38/h3-4,7-8,14-15,21,25-26,29-30,36,38-40,42-43H,2,5-6,9-13,16-18H2,1H3,(H,35,41)/t25-,26-,29+,30-/m1/s1. The number of aryl methyl sites for hydroxylation is 1. The van der Waals surface area contributed by atoms with Crippen LogP contribution in [0.3, 0.4) is 0 Å². The van der Waals surface area contributed by atoms with Gasteiger partial charge < -0.3 is 40.5 Å². The molecule has 2 saturated carbocycles. The highest BCUT2D eigenvalue weighted by atomic mass is 35.5. The highest BCUT2D eigenvalue weighted by Gasteiger charge is 2.51. The number of hydrogen-bond acceptors (Lipinski definition) is 9. The minimum absolute atomic E-state index is 0.0269. The van der Waals surface area contributed by atoms with Gasteiger partial charge in [0.1, 0.15) is 24.1 Å². The molecule has 4 atom stereocenters. The third-order valence-corrected chi connectivity index (χ3v) is 8.98. The van der Waals surface area contributed by atoms with Gasteiger partial charge in [0, 0.05) is 36.6 Å². The van der Waals surface area contributed by atoms with Crippen molar-refractivity contribution >= 4 is 40.7 Å². The maximum absolute atomic E-state index is 13.5. The van der Waals surface area contributed by atoms with E-state index in [1.54, 1.807) is 18.0 Å². The first-order valence-electron chi connectivity index (χ1n) is 15.3. The van der Waals surface area contributed by atoms with Crippen LogP contribution in [0.2, 0.25) is 10.0 Å². The van der Waals surface area contributed by atoms with Crippen molar-refractivity contribution in [3.8, 4) is 5.75 Å². The van der Waals surface area contributed by atoms with Crippen LogP contribution >= 0.6 is 23.2 Å². The predicted molar refractivity (Wildman–Crippen MR) is 170 cm³/mol. The molecule has 11 nitrogen and oxygen atoms in total. The maximum Gasteiger partial charge on any atom is 0.247 e. The SMILES string of the molecule is CN(C(=O)C1(NCc2cc(Cl)c(CCCCC(=O)NC[C@@H](O)[C@H](O)[C@H](O)[C@H](O)CO)cc2Cl)CC1)c1ccccc1OC1CC1. The molecule has 45 heavy (non-hydrogen) atoms. The summed E-state index contributed by atoms with van der Waals surface area (Å²) in [6.07, 6.45) is -0.972. The number of benzene rings is 2. The number of unbranched alkanes of at least 4 members (excludes halogenated alkanes) is 1. The Balaban J connectivity index is 1.22. The molecular formula is C32H43Cl2N3O8. The number of rotatable bonds is 18. The van der Waals surface area contributed by atoms with Crippen LogP contribution in [0.4, 0.5) is 5.69 Å². The minimum atomic E-state index is -1.75. The van der Waals surface area contributed by atoms with Gasteiger partial charge in [-0.15, -0.1) is 0 Å². The molecule has 0 aromatic heterocycles. The second-order valence-electron chi connectivity index (χ2n) is 11.9. The number of likely N-dealkylation sites (N-methyl/N-ethyl adjacent to an activating group) is 1. The van der Waals surface area contributed by atoms with Crippen molar-refractivity contribution < 1.29 is 39.9 Å². The van der Waals surface area contributed by atoms with E-state index in [2.05, 4.69) is 10.6 Å². The molecule has 0 aliphatic heterocycles. The molecule has 2 aromatic rings. The van der Waals surface area contributed by atoms with Crippen molar-refractivity contribution in [2.24, 2.45) is 0 Å². The van der Waals surface area contributed by atoms with Gasteiger partial charge in [-0.2, -0.15) is 0 Å². The minimum Gasteiger partial charge on any atom is -0.488 e. The van der Waals surface area contributed by atoms with Crippen LogP contribution in [0.25, 0.3) is 0 Å². The number of ether oxygens (including phenoxy) is 1. The highest BCUT2D eigenvalue weighted by molar-refractivity contribution is 6.34. The topological polar surface area (TPSA) is 172 Å². The molecule has 0 heterocycles. The van der Waals surface area contributed by atoms with Gasteiger partial charge in [0.05, 0.1) is 30.0 Å². The summed E-state index contributed by atoms with van der Waals surface area (Å²) in [7, 11) is 1.77. The summed E-state index contributed by atoms with van der Waals surface area (Å²) in [6, 6.07) is 11.2. The summed E-state index contributed by atoms with van der Waals surface area (Å²) < 4.78 is 6.02. The van der Waals surface area contributed by atoms with Gasteiger partial charge in [0.15, 0.2) is 0 Å². The fraction of sp³-hybridized carbons (Fsp3) is 0.562. The summed E-state index contributed by atoms with van der Waals surface area (Å²) >= 11 is 13.2. The van der Waals surface area contributed by atoms with Crippen LogP contribution < -0.4 is 20.3 Å². The van der Waals surface area contributed by atoms with E-state index in [1.165, 1.54) is 0 Å². The molecule has 2 aliphatic rings. The third-order valence-electron chi connectivity index (χ3n) is 8.28. The summed E-state index contributed by atoms with van der Waals surface area (Å²) in [5, 5.41) is 54.6. The van der Waals surface area contributed by atoms with E-state index in [4.69, 9.17) is 33.0 Å². The molecule has 0 saturated heterocycles. The number of para-hydroxylation sites is 2. The van der Waals surface area contributed by atoms with Gasteiger partial charge in [-0.3, -0.25) is 14.9 Å². The molecule has 4 rings (SSSR count). The smallest absolute Gasteiger partial charge is 0.247 e. The van der Waals surface area contributed by atoms with E-state index in [-0.39, 0.29) is 30.9 Å². The Labute approximate surface area is 273 Å². The third kappa shape index (κ3) is 9.52. The Hall–Kier alpha value is -2.48. The van der Waals surface area contributed by atoms with E-state index in [0.717, 1.165) is 29.7 Å². The zero-order valence-electron chi connectivity index (χ0n) is 25.3. The normalized spacial score (nSPS) is 18.0. The molecule has 0 unspecified atom stereocenters. The molecule has 0 radical (unpaired) electrons. The first-order valence-corrected chi connectivity index (χ1v) is 16.1. The Morgan fingerprint density at radius 2 is 1.64 bits per heavy atom. The van der Waals surface area contributed by atoms with Crippen LogP contribution in [-0.2, 0) is 22.6 Å². The Bertz CT molecular complexity index is 1320. The number of nitrogens with one attached hydrogen (secondary N) is 2. The van der Waals surface area contributed by atoms with Gasteiger partial charge in [0.2, 0.25) is 11.8 Å². The Morgan fingerprint density at radius 1 is 1.00 bits per heavy atom. The number of aliphatic hydroxyl groups is 5. The predicted octanol–water partition coefficient (Wildman–Crippen LogP) is 2.08. The molecule has 2 amide bonds. The summed E-state index contributed by atoms with van der Waals surface area (Å²) in [5.74, 6) is 0.335. The van der Waals surface area contributed by atoms with E-state index in [9.17, 15) is 30.0 Å². The average molecular weight is 669 g/mol. The lowest BCUT2D eigenvalue weighted by Crippen LogP contribution is -2.49. The van der Waals surface area contributed by atoms with Gasteiger partial charge in [-0.25, -0.2) is 0 Å². The zero-order chi connectivity index (χ0) is 32.7. The van der Waals surface area contributed by atoms with E-state index in [0.29, 0.717) is 54.4 Å². The lowest BCUT2D eigenvalue weighted by molar-refractivity contribution is -0.126. The number of aliphatic hydroxyl groups excluding tert-OH is 5. The van der Waals surface area contributed by atoms with E-state index >= 15 is 0 Å². The van der Waals surface area contributed by atoms with Crippen molar-refractivity contribution in [1.29, 1.82) is 0 Å². The van der Waals surface area contributed by atoms with Crippen molar-refractivity contribution in [1.82, 2.24) is 10.6 Å². The fourth-order valence-corrected chi connectivity index (χ4v) is 5.57. The summed E-state index contributed by atoms with van der Waals surface area (Å²) in [6.45, 7) is -0.731. The Morgan fingerprint density at radius 3 is 2.31 bits per heavy atom. The number of carbonyl (C=O) groups excluding carboxylic acids is 2. The first kappa shape index (κ1) is 35.4. The van der Waals surface area contributed by atoms with E-state index in [1.807, 2.05) is 30.3 Å². The molecule has 0 bridgehead atoms. The molecule has 13 heteroatoms. The van der Waals surface area contributed by atoms with E-state index < -0.39 is 36.6 Å². The number of anilines is 1. The molecule has 7 N–H and O–H groups in total. The molecule has 2 fully saturated rings. The molecule has 248 valence electrons. The number of halogens is 2. The quantitative estimate of drug-likeness (QED) is 0.118. The van der Waals surface area contributed by atoms with Crippen LogP contribution in [0.5, 0.6) is 5.75 Å². The molecule has 0 spiro atoms. The number of hydrogen-bond donors (Lipinski definition) is 7. The lowest BCUT2D eigenvalue weighted by Gasteiger charge is -2.26. The lowest BCUT2D eigenvalue weighted by atomic mass is 10.0. The summed E-state index contributed by atoms with van der Waals surface area (Å²) in [4.78, 5) is 27.4. The van der Waals surface area contributed by atoms with Crippen molar-refractivity contribution in [3.63, 3.8) is 0 Å².